The lowest BCUT2D eigenvalue weighted by Gasteiger charge is -2.33. The molecule has 0 bridgehead atoms. The predicted molar refractivity (Wildman–Crippen MR) is 76.9 cm³/mol. The third-order valence-electron chi connectivity index (χ3n) is 4.81. The van der Waals surface area contributed by atoms with Gasteiger partial charge in [-0.2, -0.15) is 4.98 Å². The minimum Gasteiger partial charge on any atom is -0.381 e. The topological polar surface area (TPSA) is 69.4 Å². The van der Waals surface area contributed by atoms with E-state index in [1.165, 1.54) is 0 Å². The Morgan fingerprint density at radius 3 is 2.67 bits per heavy atom. The first kappa shape index (κ1) is 14.9. The summed E-state index contributed by atoms with van der Waals surface area (Å²) in [6, 6.07) is 0. The Bertz CT molecular complexity index is 457. The van der Waals surface area contributed by atoms with Crippen LogP contribution >= 0.6 is 0 Å². The van der Waals surface area contributed by atoms with Crippen LogP contribution in [0.3, 0.4) is 0 Å². The van der Waals surface area contributed by atoms with Gasteiger partial charge in [0.1, 0.15) is 5.60 Å². The van der Waals surface area contributed by atoms with E-state index in [2.05, 4.69) is 17.4 Å². The molecule has 2 fully saturated rings. The zero-order chi connectivity index (χ0) is 14.8. The van der Waals surface area contributed by atoms with E-state index >= 15 is 0 Å². The molecule has 0 radical (unpaired) electrons. The molecule has 0 amide bonds. The lowest BCUT2D eigenvalue weighted by Crippen LogP contribution is -2.39. The quantitative estimate of drug-likeness (QED) is 0.897. The summed E-state index contributed by atoms with van der Waals surface area (Å²) in [5.74, 6) is 1.40. The normalized spacial score (nSPS) is 28.9. The molecule has 1 aromatic heterocycles. The molecule has 0 spiro atoms. The van der Waals surface area contributed by atoms with Gasteiger partial charge < -0.3 is 19.3 Å². The minimum atomic E-state index is -0.442. The molecule has 118 valence electrons. The number of hydrogen-bond acceptors (Lipinski definition) is 6. The van der Waals surface area contributed by atoms with Crippen molar-refractivity contribution in [3.8, 4) is 0 Å². The molecule has 1 unspecified atom stereocenters. The van der Waals surface area contributed by atoms with Crippen molar-refractivity contribution in [2.75, 3.05) is 26.4 Å². The second-order valence-corrected chi connectivity index (χ2v) is 5.93. The van der Waals surface area contributed by atoms with Gasteiger partial charge in [-0.05, 0) is 32.7 Å². The van der Waals surface area contributed by atoms with Crippen molar-refractivity contribution in [3.05, 3.63) is 11.7 Å². The molecule has 2 aliphatic heterocycles. The Labute approximate surface area is 125 Å². The van der Waals surface area contributed by atoms with E-state index in [-0.39, 0.29) is 5.54 Å². The van der Waals surface area contributed by atoms with Gasteiger partial charge in [-0.3, -0.25) is 0 Å². The van der Waals surface area contributed by atoms with Gasteiger partial charge in [-0.25, -0.2) is 0 Å². The van der Waals surface area contributed by atoms with Crippen molar-refractivity contribution in [1.29, 1.82) is 0 Å². The molecular weight excluding hydrogens is 270 g/mol. The molecule has 6 nitrogen and oxygen atoms in total. The van der Waals surface area contributed by atoms with Crippen LogP contribution in [-0.4, -0.2) is 36.5 Å². The van der Waals surface area contributed by atoms with Crippen molar-refractivity contribution in [2.24, 2.45) is 0 Å². The van der Waals surface area contributed by atoms with Gasteiger partial charge in [-0.1, -0.05) is 12.1 Å². The molecule has 1 aromatic rings. The maximum Gasteiger partial charge on any atom is 0.247 e. The Hall–Kier alpha value is -0.980. The van der Waals surface area contributed by atoms with Crippen LogP contribution in [0.4, 0.5) is 0 Å². The molecule has 0 aliphatic carbocycles. The van der Waals surface area contributed by atoms with E-state index in [1.807, 2.05) is 6.92 Å². The van der Waals surface area contributed by atoms with Gasteiger partial charge in [0.15, 0.2) is 0 Å². The Balaban J connectivity index is 1.88. The molecule has 1 atom stereocenters. The van der Waals surface area contributed by atoms with Crippen LogP contribution in [0.2, 0.25) is 0 Å². The molecule has 1 N–H and O–H groups in total. The molecule has 6 heteroatoms. The number of ether oxygens (including phenoxy) is 2. The Morgan fingerprint density at radius 1 is 1.24 bits per heavy atom. The van der Waals surface area contributed by atoms with Gasteiger partial charge in [0, 0.05) is 32.7 Å². The van der Waals surface area contributed by atoms with Gasteiger partial charge in [0.25, 0.3) is 0 Å². The van der Waals surface area contributed by atoms with Crippen LogP contribution in [0, 0.1) is 0 Å². The monoisotopic (exact) mass is 295 g/mol. The van der Waals surface area contributed by atoms with Crippen LogP contribution in [0.1, 0.15) is 57.7 Å². The van der Waals surface area contributed by atoms with Gasteiger partial charge in [0.05, 0.1) is 5.54 Å². The van der Waals surface area contributed by atoms with E-state index in [1.54, 1.807) is 0 Å². The molecule has 2 aliphatic rings. The molecule has 0 aromatic carbocycles. The highest BCUT2D eigenvalue weighted by Gasteiger charge is 2.44. The van der Waals surface area contributed by atoms with Crippen LogP contribution in [0.25, 0.3) is 0 Å². The third kappa shape index (κ3) is 2.60. The fourth-order valence-corrected chi connectivity index (χ4v) is 3.45. The number of aromatic nitrogens is 2. The van der Waals surface area contributed by atoms with E-state index in [0.717, 1.165) is 38.6 Å². The molecular formula is C15H25N3O3. The average Bonchev–Trinajstić information content (AvgIpc) is 3.19. The largest absolute Gasteiger partial charge is 0.381 e. The summed E-state index contributed by atoms with van der Waals surface area (Å²) in [6.07, 6.45) is 4.73. The minimum absolute atomic E-state index is 0.149. The summed E-state index contributed by atoms with van der Waals surface area (Å²) in [6.45, 7) is 7.18. The highest BCUT2D eigenvalue weighted by Crippen LogP contribution is 2.37. The smallest absolute Gasteiger partial charge is 0.247 e. The van der Waals surface area contributed by atoms with Crippen molar-refractivity contribution in [1.82, 2.24) is 15.5 Å². The summed E-state index contributed by atoms with van der Waals surface area (Å²) < 4.78 is 17.1. The summed E-state index contributed by atoms with van der Waals surface area (Å²) in [5.41, 5.74) is -0.591. The van der Waals surface area contributed by atoms with Gasteiger partial charge in [-0.15, -0.1) is 0 Å². The molecule has 3 rings (SSSR count). The molecule has 3 heterocycles. The van der Waals surface area contributed by atoms with E-state index in [4.69, 9.17) is 19.0 Å². The zero-order valence-corrected chi connectivity index (χ0v) is 13.0. The number of hydrogen-bond donors (Lipinski definition) is 1. The fraction of sp³-hybridized carbons (Fsp3) is 0.867. The summed E-state index contributed by atoms with van der Waals surface area (Å²) >= 11 is 0. The maximum absolute atomic E-state index is 6.01. The van der Waals surface area contributed by atoms with Crippen molar-refractivity contribution < 1.29 is 14.0 Å². The first-order chi connectivity index (χ1) is 10.2. The summed E-state index contributed by atoms with van der Waals surface area (Å²) in [5, 5.41) is 7.80. The third-order valence-corrected chi connectivity index (χ3v) is 4.81. The molecule has 2 saturated heterocycles. The highest BCUT2D eigenvalue weighted by molar-refractivity contribution is 5.10. The van der Waals surface area contributed by atoms with E-state index < -0.39 is 5.60 Å². The molecule has 0 saturated carbocycles. The first-order valence-electron chi connectivity index (χ1n) is 8.06. The number of rotatable bonds is 5. The van der Waals surface area contributed by atoms with Crippen LogP contribution < -0.4 is 5.32 Å². The second kappa shape index (κ2) is 6.02. The summed E-state index contributed by atoms with van der Waals surface area (Å²) in [7, 11) is 0. The standard InChI is InChI=1S/C15H25N3O3/c1-3-14(6-5-9-16-14)13-17-12(18-21-13)15(20-4-2)7-10-19-11-8-15/h16H,3-11H2,1-2H3. The zero-order valence-electron chi connectivity index (χ0n) is 13.0. The Morgan fingerprint density at radius 2 is 2.05 bits per heavy atom. The van der Waals surface area contributed by atoms with E-state index in [9.17, 15) is 0 Å². The maximum atomic E-state index is 6.01. The van der Waals surface area contributed by atoms with Crippen molar-refractivity contribution >= 4 is 0 Å². The predicted octanol–water partition coefficient (Wildman–Crippen LogP) is 2.10. The highest BCUT2D eigenvalue weighted by atomic mass is 16.5. The number of nitrogens with one attached hydrogen (secondary N) is 1. The number of nitrogens with zero attached hydrogens (tertiary/aromatic N) is 2. The van der Waals surface area contributed by atoms with Gasteiger partial charge in [0.2, 0.25) is 11.7 Å². The fourth-order valence-electron chi connectivity index (χ4n) is 3.45. The van der Waals surface area contributed by atoms with Crippen molar-refractivity contribution in [3.63, 3.8) is 0 Å². The Kier molecular flexibility index (Phi) is 4.28. The average molecular weight is 295 g/mol. The lowest BCUT2D eigenvalue weighted by atomic mass is 9.92. The molecule has 21 heavy (non-hydrogen) atoms. The second-order valence-electron chi connectivity index (χ2n) is 5.93. The van der Waals surface area contributed by atoms with Gasteiger partial charge >= 0.3 is 0 Å². The lowest BCUT2D eigenvalue weighted by molar-refractivity contribution is -0.118. The first-order valence-corrected chi connectivity index (χ1v) is 8.06. The van der Waals surface area contributed by atoms with Crippen molar-refractivity contribution in [2.45, 2.75) is 57.1 Å². The van der Waals surface area contributed by atoms with Crippen LogP contribution in [-0.2, 0) is 20.6 Å². The van der Waals surface area contributed by atoms with Crippen LogP contribution in [0.5, 0.6) is 0 Å². The van der Waals surface area contributed by atoms with Crippen LogP contribution in [0.15, 0.2) is 4.52 Å². The van der Waals surface area contributed by atoms with E-state index in [0.29, 0.717) is 31.5 Å². The SMILES string of the molecule is CCOC1(c2noc(C3(CC)CCCN3)n2)CCOCC1. The summed E-state index contributed by atoms with van der Waals surface area (Å²) in [4.78, 5) is 4.73.